The number of benzene rings is 1. The van der Waals surface area contributed by atoms with Gasteiger partial charge in [0, 0.05) is 19.6 Å². The predicted molar refractivity (Wildman–Crippen MR) is 98.5 cm³/mol. The van der Waals surface area contributed by atoms with Gasteiger partial charge in [-0.1, -0.05) is 24.3 Å². The minimum atomic E-state index is -0.900. The summed E-state index contributed by atoms with van der Waals surface area (Å²) in [5.74, 6) is -0.603. The molecule has 0 aliphatic rings. The van der Waals surface area contributed by atoms with Gasteiger partial charge >= 0.3 is 6.03 Å². The van der Waals surface area contributed by atoms with Crippen molar-refractivity contribution in [1.82, 2.24) is 16.0 Å². The van der Waals surface area contributed by atoms with E-state index in [0.717, 1.165) is 11.1 Å². The largest absolute Gasteiger partial charge is 0.365 e. The van der Waals surface area contributed by atoms with Crippen LogP contribution in [0.4, 0.5) is 4.79 Å². The average molecular weight is 380 g/mol. The Morgan fingerprint density at radius 3 is 2.15 bits per heavy atom. The third kappa shape index (κ3) is 9.60. The SMILES string of the molecule is NC(=O)NCc1ccc(CNC(=O)[C@H](N)CCCNC(N)=N[N+](=O)[O-])cc1. The second kappa shape index (κ2) is 11.3. The molecule has 0 bridgehead atoms. The number of nitrogens with one attached hydrogen (secondary N) is 3. The monoisotopic (exact) mass is 380 g/mol. The van der Waals surface area contributed by atoms with E-state index in [9.17, 15) is 19.7 Å². The number of urea groups is 1. The maximum Gasteiger partial charge on any atom is 0.312 e. The van der Waals surface area contributed by atoms with Crippen molar-refractivity contribution in [2.24, 2.45) is 22.3 Å². The number of carbonyl (C=O) groups excluding carboxylic acids is 2. The third-order valence-electron chi connectivity index (χ3n) is 3.48. The Kier molecular flexibility index (Phi) is 9.02. The number of amides is 3. The summed E-state index contributed by atoms with van der Waals surface area (Å²) >= 11 is 0. The molecule has 1 aromatic carbocycles. The molecule has 9 N–H and O–H groups in total. The maximum atomic E-state index is 12.0. The first kappa shape index (κ1) is 21.6. The topological polar surface area (TPSA) is 204 Å². The van der Waals surface area contributed by atoms with Crippen LogP contribution < -0.4 is 33.2 Å². The lowest BCUT2D eigenvalue weighted by Crippen LogP contribution is -2.41. The highest BCUT2D eigenvalue weighted by molar-refractivity contribution is 5.81. The van der Waals surface area contributed by atoms with Crippen molar-refractivity contribution in [3.8, 4) is 0 Å². The molecule has 0 radical (unpaired) electrons. The number of nitrogens with zero attached hydrogens (tertiary/aromatic N) is 2. The fourth-order valence-corrected chi connectivity index (χ4v) is 2.08. The first-order valence-corrected chi connectivity index (χ1v) is 8.14. The maximum absolute atomic E-state index is 12.0. The summed E-state index contributed by atoms with van der Waals surface area (Å²) in [4.78, 5) is 32.7. The van der Waals surface area contributed by atoms with Crippen LogP contribution in [0.2, 0.25) is 0 Å². The van der Waals surface area contributed by atoms with Crippen LogP contribution in [-0.4, -0.2) is 35.5 Å². The Balaban J connectivity index is 2.28. The van der Waals surface area contributed by atoms with Gasteiger partial charge in [0.15, 0.2) is 5.03 Å². The molecular formula is C15H24N8O4. The number of primary amides is 1. The van der Waals surface area contributed by atoms with Gasteiger partial charge in [-0.2, -0.15) is 0 Å². The first-order valence-electron chi connectivity index (χ1n) is 8.14. The molecule has 0 heterocycles. The molecule has 1 aromatic rings. The van der Waals surface area contributed by atoms with Gasteiger partial charge in [-0.25, -0.2) is 14.9 Å². The molecule has 148 valence electrons. The number of hydrazone groups is 1. The summed E-state index contributed by atoms with van der Waals surface area (Å²) in [6.07, 6.45) is 0.867. The number of nitro groups is 1. The number of hydrogen-bond donors (Lipinski definition) is 6. The number of nitrogens with two attached hydrogens (primary N) is 3. The molecule has 1 atom stereocenters. The van der Waals surface area contributed by atoms with Crippen molar-refractivity contribution in [2.75, 3.05) is 6.54 Å². The zero-order valence-electron chi connectivity index (χ0n) is 14.7. The van der Waals surface area contributed by atoms with Gasteiger partial charge in [-0.05, 0) is 24.0 Å². The molecule has 12 nitrogen and oxygen atoms in total. The lowest BCUT2D eigenvalue weighted by atomic mass is 10.1. The molecule has 0 aliphatic carbocycles. The molecule has 1 rings (SSSR count). The molecule has 0 fully saturated rings. The van der Waals surface area contributed by atoms with Gasteiger partial charge in [0.05, 0.1) is 6.04 Å². The molecule has 0 spiro atoms. The molecule has 12 heteroatoms. The average Bonchev–Trinajstić information content (AvgIpc) is 2.61. The predicted octanol–water partition coefficient (Wildman–Crippen LogP) is -1.33. The van der Waals surface area contributed by atoms with Crippen LogP contribution in [0.5, 0.6) is 0 Å². The van der Waals surface area contributed by atoms with Gasteiger partial charge in [-0.3, -0.25) is 4.79 Å². The molecule has 0 aliphatic heterocycles. The van der Waals surface area contributed by atoms with Crippen molar-refractivity contribution >= 4 is 17.9 Å². The van der Waals surface area contributed by atoms with Gasteiger partial charge < -0.3 is 33.2 Å². The number of rotatable bonds is 10. The van der Waals surface area contributed by atoms with Crippen LogP contribution in [0, 0.1) is 10.1 Å². The van der Waals surface area contributed by atoms with E-state index in [-0.39, 0.29) is 11.9 Å². The van der Waals surface area contributed by atoms with E-state index < -0.39 is 17.1 Å². The van der Waals surface area contributed by atoms with E-state index in [1.807, 2.05) is 24.3 Å². The Bertz CT molecular complexity index is 677. The van der Waals surface area contributed by atoms with E-state index in [4.69, 9.17) is 17.2 Å². The van der Waals surface area contributed by atoms with Crippen molar-refractivity contribution in [1.29, 1.82) is 0 Å². The molecule has 0 unspecified atom stereocenters. The molecule has 0 saturated heterocycles. The normalized spacial score (nSPS) is 12.1. The summed E-state index contributed by atoms with van der Waals surface area (Å²) in [6.45, 7) is 0.958. The highest BCUT2D eigenvalue weighted by atomic mass is 16.7. The highest BCUT2D eigenvalue weighted by Gasteiger charge is 2.12. The van der Waals surface area contributed by atoms with Gasteiger partial charge in [-0.15, -0.1) is 0 Å². The Labute approximate surface area is 155 Å². The van der Waals surface area contributed by atoms with Crippen molar-refractivity contribution < 1.29 is 14.6 Å². The summed E-state index contributed by atoms with van der Waals surface area (Å²) in [6, 6.07) is 5.98. The molecule has 27 heavy (non-hydrogen) atoms. The van der Waals surface area contributed by atoms with Gasteiger partial charge in [0.1, 0.15) is 5.10 Å². The van der Waals surface area contributed by atoms with Crippen molar-refractivity contribution in [3.63, 3.8) is 0 Å². The first-order chi connectivity index (χ1) is 12.8. The summed E-state index contributed by atoms with van der Waals surface area (Å²) in [5, 5.41) is 19.9. The van der Waals surface area contributed by atoms with Crippen molar-refractivity contribution in [3.05, 3.63) is 45.5 Å². The van der Waals surface area contributed by atoms with Crippen LogP contribution in [0.25, 0.3) is 0 Å². The fourth-order valence-electron chi connectivity index (χ4n) is 2.08. The second-order valence-electron chi connectivity index (χ2n) is 5.65. The minimum absolute atomic E-state index is 0.299. The summed E-state index contributed by atoms with van der Waals surface area (Å²) in [7, 11) is 0. The van der Waals surface area contributed by atoms with E-state index >= 15 is 0 Å². The van der Waals surface area contributed by atoms with E-state index in [1.54, 1.807) is 0 Å². The standard InChI is InChI=1S/C15H24N8O4/c16-12(2-1-7-19-14(17)22-23(26)27)13(24)20-8-10-3-5-11(6-4-10)9-21-15(18)25/h3-6,12H,1-2,7-9,16H2,(H,20,24)(H3,17,19,22)(H3,18,21,25)/t12-/m1/s1. The number of guanidine groups is 1. The lowest BCUT2D eigenvalue weighted by molar-refractivity contribution is -0.485. The fraction of sp³-hybridized carbons (Fsp3) is 0.400. The highest BCUT2D eigenvalue weighted by Crippen LogP contribution is 2.04. The summed E-state index contributed by atoms with van der Waals surface area (Å²) in [5.41, 5.74) is 17.8. The molecule has 0 saturated carbocycles. The van der Waals surface area contributed by atoms with Crippen LogP contribution in [0.1, 0.15) is 24.0 Å². The third-order valence-corrected chi connectivity index (χ3v) is 3.48. The Morgan fingerprint density at radius 1 is 1.07 bits per heavy atom. The smallest absolute Gasteiger partial charge is 0.312 e. The van der Waals surface area contributed by atoms with Crippen molar-refractivity contribution in [2.45, 2.75) is 32.0 Å². The molecule has 0 aromatic heterocycles. The Morgan fingerprint density at radius 2 is 1.63 bits per heavy atom. The molecular weight excluding hydrogens is 356 g/mol. The summed E-state index contributed by atoms with van der Waals surface area (Å²) < 4.78 is 0. The van der Waals surface area contributed by atoms with Gasteiger partial charge in [0.25, 0.3) is 5.96 Å². The Hall–Kier alpha value is -3.41. The lowest BCUT2D eigenvalue weighted by Gasteiger charge is -2.13. The van der Waals surface area contributed by atoms with Crippen LogP contribution in [0.15, 0.2) is 29.4 Å². The van der Waals surface area contributed by atoms with Crippen LogP contribution in [-0.2, 0) is 17.9 Å². The number of hydrogen-bond acceptors (Lipinski definition) is 5. The van der Waals surface area contributed by atoms with Gasteiger partial charge in [0.2, 0.25) is 5.91 Å². The zero-order valence-corrected chi connectivity index (χ0v) is 14.7. The number of carbonyl (C=O) groups is 2. The minimum Gasteiger partial charge on any atom is -0.365 e. The van der Waals surface area contributed by atoms with Crippen LogP contribution >= 0.6 is 0 Å². The molecule has 3 amide bonds. The second-order valence-corrected chi connectivity index (χ2v) is 5.65. The quantitative estimate of drug-likeness (QED) is 0.0947. The van der Waals surface area contributed by atoms with E-state index in [0.29, 0.717) is 32.5 Å². The van der Waals surface area contributed by atoms with E-state index in [2.05, 4.69) is 21.1 Å². The van der Waals surface area contributed by atoms with Crippen LogP contribution in [0.3, 0.4) is 0 Å². The zero-order chi connectivity index (χ0) is 20.2. The van der Waals surface area contributed by atoms with E-state index in [1.165, 1.54) is 0 Å².